The molecule has 3 rings (SSSR count). The molecule has 0 aliphatic carbocycles. The number of H-pyrrole nitrogens is 1. The van der Waals surface area contributed by atoms with Crippen LogP contribution >= 0.6 is 0 Å². The number of aromatic amines is 1. The molecule has 0 aliphatic heterocycles. The summed E-state index contributed by atoms with van der Waals surface area (Å²) in [6, 6.07) is 16.2. The third-order valence-electron chi connectivity index (χ3n) is 3.29. The van der Waals surface area contributed by atoms with Crippen LogP contribution in [-0.2, 0) is 6.54 Å². The molecule has 2 aromatic heterocycles. The van der Waals surface area contributed by atoms with E-state index in [2.05, 4.69) is 28.2 Å². The predicted octanol–water partition coefficient (Wildman–Crippen LogP) is 3.07. The molecule has 1 aromatic carbocycles. The molecule has 0 amide bonds. The van der Waals surface area contributed by atoms with Gasteiger partial charge in [-0.3, -0.25) is 4.98 Å². The van der Waals surface area contributed by atoms with E-state index in [9.17, 15) is 5.26 Å². The van der Waals surface area contributed by atoms with Crippen LogP contribution in [-0.4, -0.2) is 17.0 Å². The van der Waals surface area contributed by atoms with Crippen LogP contribution in [0.3, 0.4) is 0 Å². The Morgan fingerprint density at radius 2 is 2.00 bits per heavy atom. The predicted molar refractivity (Wildman–Crippen MR) is 79.4 cm³/mol. The summed E-state index contributed by atoms with van der Waals surface area (Å²) in [6.45, 7) is 0.738. The van der Waals surface area contributed by atoms with Gasteiger partial charge in [0.1, 0.15) is 23.0 Å². The molecule has 0 spiro atoms. The lowest BCUT2D eigenvalue weighted by atomic mass is 10.2. The van der Waals surface area contributed by atoms with E-state index in [1.165, 1.54) is 5.56 Å². The Kier molecular flexibility index (Phi) is 3.10. The van der Waals surface area contributed by atoms with Crippen molar-refractivity contribution in [3.05, 3.63) is 59.8 Å². The van der Waals surface area contributed by atoms with Crippen molar-refractivity contribution in [1.29, 1.82) is 5.26 Å². The van der Waals surface area contributed by atoms with Crippen molar-refractivity contribution in [2.75, 3.05) is 11.9 Å². The van der Waals surface area contributed by atoms with Gasteiger partial charge in [0, 0.05) is 19.8 Å². The second-order valence-corrected chi connectivity index (χ2v) is 4.70. The van der Waals surface area contributed by atoms with Crippen LogP contribution in [0.2, 0.25) is 0 Å². The zero-order chi connectivity index (χ0) is 13.9. The van der Waals surface area contributed by atoms with E-state index in [4.69, 9.17) is 0 Å². The number of nitrogens with zero attached hydrogens (tertiary/aromatic N) is 3. The molecule has 0 radical (unpaired) electrons. The molecule has 0 fully saturated rings. The zero-order valence-corrected chi connectivity index (χ0v) is 11.2. The first-order valence-electron chi connectivity index (χ1n) is 6.41. The zero-order valence-electron chi connectivity index (χ0n) is 11.2. The number of benzene rings is 1. The van der Waals surface area contributed by atoms with Crippen LogP contribution in [0.4, 0.5) is 5.82 Å². The molecule has 4 nitrogen and oxygen atoms in total. The van der Waals surface area contributed by atoms with Crippen molar-refractivity contribution in [2.24, 2.45) is 0 Å². The number of aromatic nitrogens is 2. The van der Waals surface area contributed by atoms with Gasteiger partial charge in [0.25, 0.3) is 0 Å². The van der Waals surface area contributed by atoms with E-state index in [0.29, 0.717) is 5.56 Å². The quantitative estimate of drug-likeness (QED) is 0.789. The molecule has 1 N–H and O–H groups in total. The van der Waals surface area contributed by atoms with Gasteiger partial charge in [0.15, 0.2) is 0 Å². The van der Waals surface area contributed by atoms with Crippen LogP contribution in [0.5, 0.6) is 0 Å². The van der Waals surface area contributed by atoms with Crippen molar-refractivity contribution >= 4 is 16.9 Å². The fourth-order valence-corrected chi connectivity index (χ4v) is 2.34. The molecular formula is C16H14N4. The molecule has 0 saturated carbocycles. The number of fused-ring (bicyclic) bond motifs is 1. The smallest absolute Gasteiger partial charge is 0.126 e. The number of nitrogens with one attached hydrogen (secondary N) is 1. The van der Waals surface area contributed by atoms with Gasteiger partial charge >= 0.3 is 0 Å². The van der Waals surface area contributed by atoms with Crippen LogP contribution < -0.4 is 4.90 Å². The van der Waals surface area contributed by atoms with Gasteiger partial charge in [-0.1, -0.05) is 30.3 Å². The molecule has 0 unspecified atom stereocenters. The molecule has 2 heterocycles. The van der Waals surface area contributed by atoms with Crippen molar-refractivity contribution in [3.8, 4) is 6.07 Å². The van der Waals surface area contributed by atoms with E-state index < -0.39 is 0 Å². The Morgan fingerprint density at radius 1 is 1.20 bits per heavy atom. The first-order valence-corrected chi connectivity index (χ1v) is 6.41. The van der Waals surface area contributed by atoms with E-state index in [-0.39, 0.29) is 0 Å². The van der Waals surface area contributed by atoms with Gasteiger partial charge in [-0.2, -0.15) is 5.26 Å². The maximum atomic E-state index is 9.38. The molecule has 20 heavy (non-hydrogen) atoms. The Balaban J connectivity index is 1.99. The van der Waals surface area contributed by atoms with Gasteiger partial charge in [-0.05, 0) is 17.7 Å². The number of hydrogen-bond acceptors (Lipinski definition) is 3. The molecule has 0 atom stereocenters. The highest BCUT2D eigenvalue weighted by Crippen LogP contribution is 2.26. The monoisotopic (exact) mass is 262 g/mol. The number of pyridine rings is 1. The molecule has 4 heteroatoms. The average molecular weight is 262 g/mol. The van der Waals surface area contributed by atoms with Crippen LogP contribution in [0.15, 0.2) is 48.7 Å². The Bertz CT molecular complexity index is 768. The van der Waals surface area contributed by atoms with E-state index in [1.807, 2.05) is 42.3 Å². The standard InChI is InChI=1S/C16H14N4/c1-20(11-12-6-3-2-4-7-12)16-13(10-17)15-14(19-16)8-5-9-18-15/h2-9,19H,11H2,1H3. The number of nitriles is 1. The van der Waals surface area contributed by atoms with E-state index in [1.54, 1.807) is 6.20 Å². The topological polar surface area (TPSA) is 55.7 Å². The van der Waals surface area contributed by atoms with Gasteiger partial charge < -0.3 is 9.88 Å². The second-order valence-electron chi connectivity index (χ2n) is 4.70. The lowest BCUT2D eigenvalue weighted by Gasteiger charge is -2.17. The molecule has 3 aromatic rings. The summed E-state index contributed by atoms with van der Waals surface area (Å²) in [5.74, 6) is 0.810. The minimum Gasteiger partial charge on any atom is -0.356 e. The first kappa shape index (κ1) is 12.2. The SMILES string of the molecule is CN(Cc1ccccc1)c1[nH]c2cccnc2c1C#N. The van der Waals surface area contributed by atoms with E-state index in [0.717, 1.165) is 23.4 Å². The number of rotatable bonds is 3. The van der Waals surface area contributed by atoms with Crippen LogP contribution in [0.1, 0.15) is 11.1 Å². The van der Waals surface area contributed by atoms with Crippen molar-refractivity contribution < 1.29 is 0 Å². The third-order valence-corrected chi connectivity index (χ3v) is 3.29. The Morgan fingerprint density at radius 3 is 2.75 bits per heavy atom. The van der Waals surface area contributed by atoms with Crippen LogP contribution in [0, 0.1) is 11.3 Å². The Labute approximate surface area is 117 Å². The maximum Gasteiger partial charge on any atom is 0.126 e. The normalized spacial score (nSPS) is 10.4. The number of hydrogen-bond donors (Lipinski definition) is 1. The van der Waals surface area contributed by atoms with Crippen LogP contribution in [0.25, 0.3) is 11.0 Å². The first-order chi connectivity index (χ1) is 9.79. The highest BCUT2D eigenvalue weighted by molar-refractivity contribution is 5.88. The summed E-state index contributed by atoms with van der Waals surface area (Å²) in [5, 5.41) is 9.38. The summed E-state index contributed by atoms with van der Waals surface area (Å²) in [7, 11) is 1.97. The fourth-order valence-electron chi connectivity index (χ4n) is 2.34. The highest BCUT2D eigenvalue weighted by atomic mass is 15.2. The van der Waals surface area contributed by atoms with Gasteiger partial charge in [0.2, 0.25) is 0 Å². The highest BCUT2D eigenvalue weighted by Gasteiger charge is 2.15. The molecule has 0 aliphatic rings. The fraction of sp³-hybridized carbons (Fsp3) is 0.125. The minimum absolute atomic E-state index is 0.596. The van der Waals surface area contributed by atoms with Crippen molar-refractivity contribution in [3.63, 3.8) is 0 Å². The summed E-state index contributed by atoms with van der Waals surface area (Å²) in [5.41, 5.74) is 3.41. The second kappa shape index (κ2) is 5.06. The minimum atomic E-state index is 0.596. The molecular weight excluding hydrogens is 248 g/mol. The molecule has 98 valence electrons. The average Bonchev–Trinajstić information content (AvgIpc) is 2.87. The lowest BCUT2D eigenvalue weighted by Crippen LogP contribution is -2.17. The van der Waals surface area contributed by atoms with E-state index >= 15 is 0 Å². The van der Waals surface area contributed by atoms with Gasteiger partial charge in [-0.25, -0.2) is 0 Å². The summed E-state index contributed by atoms with van der Waals surface area (Å²) in [6.07, 6.45) is 1.71. The Hall–Kier alpha value is -2.80. The summed E-state index contributed by atoms with van der Waals surface area (Å²) < 4.78 is 0. The largest absolute Gasteiger partial charge is 0.356 e. The maximum absolute atomic E-state index is 9.38. The lowest BCUT2D eigenvalue weighted by molar-refractivity contribution is 0.904. The molecule has 0 saturated heterocycles. The van der Waals surface area contributed by atoms with Crippen molar-refractivity contribution in [2.45, 2.75) is 6.54 Å². The number of anilines is 1. The molecule has 0 bridgehead atoms. The van der Waals surface area contributed by atoms with Gasteiger partial charge in [-0.15, -0.1) is 0 Å². The van der Waals surface area contributed by atoms with Crippen molar-refractivity contribution in [1.82, 2.24) is 9.97 Å². The summed E-state index contributed by atoms with van der Waals surface area (Å²) >= 11 is 0. The third kappa shape index (κ3) is 2.10. The summed E-state index contributed by atoms with van der Waals surface area (Å²) in [4.78, 5) is 9.59. The van der Waals surface area contributed by atoms with Gasteiger partial charge in [0.05, 0.1) is 5.52 Å².